The van der Waals surface area contributed by atoms with E-state index in [0.29, 0.717) is 34.8 Å². The third-order valence-electron chi connectivity index (χ3n) is 6.73. The fourth-order valence-electron chi connectivity index (χ4n) is 4.53. The predicted octanol–water partition coefficient (Wildman–Crippen LogP) is 7.56. The van der Waals surface area contributed by atoms with E-state index in [1.807, 2.05) is 67.6 Å². The number of ether oxygens (including phenoxy) is 1. The predicted molar refractivity (Wildman–Crippen MR) is 161 cm³/mol. The van der Waals surface area contributed by atoms with Crippen LogP contribution in [-0.2, 0) is 23.2 Å². The van der Waals surface area contributed by atoms with Crippen LogP contribution in [0, 0.1) is 6.92 Å². The lowest BCUT2D eigenvalue weighted by Crippen LogP contribution is -2.32. The molecule has 3 aromatic carbocycles. The van der Waals surface area contributed by atoms with Crippen molar-refractivity contribution in [1.29, 1.82) is 0 Å². The maximum absolute atomic E-state index is 14.0. The summed E-state index contributed by atoms with van der Waals surface area (Å²) in [6.07, 6.45) is 4.18. The Bertz CT molecular complexity index is 1530. The zero-order valence-corrected chi connectivity index (χ0v) is 24.9. The highest BCUT2D eigenvalue weighted by Gasteiger charge is 2.29. The minimum Gasteiger partial charge on any atom is -0.487 e. The molecule has 212 valence electrons. The summed E-state index contributed by atoms with van der Waals surface area (Å²) in [5.41, 5.74) is 2.86. The van der Waals surface area contributed by atoms with E-state index in [1.54, 1.807) is 6.07 Å². The number of halogens is 2. The van der Waals surface area contributed by atoms with Gasteiger partial charge in [-0.05, 0) is 49.6 Å². The molecule has 0 saturated heterocycles. The molecule has 0 saturated carbocycles. The topological polar surface area (TPSA) is 79.7 Å². The lowest BCUT2D eigenvalue weighted by atomic mass is 10.1. The summed E-state index contributed by atoms with van der Waals surface area (Å²) in [6.45, 7) is 2.65. The number of hydrogen-bond acceptors (Lipinski definition) is 5. The molecule has 0 spiro atoms. The van der Waals surface area contributed by atoms with Gasteiger partial charge in [-0.1, -0.05) is 91.0 Å². The SMILES string of the molecule is Cc1ccc2cccc(OCc3c(Cl)ccc(S(=O)(=O)N(CCCCCCCO)Cc4ccccc4)c3Cl)c2n1. The average molecular weight is 602 g/mol. The van der Waals surface area contributed by atoms with Gasteiger partial charge in [0.15, 0.2) is 0 Å². The van der Waals surface area contributed by atoms with Crippen molar-refractivity contribution in [3.63, 3.8) is 0 Å². The van der Waals surface area contributed by atoms with Crippen LogP contribution < -0.4 is 4.74 Å². The molecule has 1 N–H and O–H groups in total. The highest BCUT2D eigenvalue weighted by molar-refractivity contribution is 7.89. The molecule has 1 heterocycles. The zero-order valence-electron chi connectivity index (χ0n) is 22.5. The number of aliphatic hydroxyl groups excluding tert-OH is 1. The van der Waals surface area contributed by atoms with Crippen molar-refractivity contribution in [2.75, 3.05) is 13.2 Å². The number of nitrogens with zero attached hydrogens (tertiary/aromatic N) is 2. The summed E-state index contributed by atoms with van der Waals surface area (Å²) < 4.78 is 35.6. The summed E-state index contributed by atoms with van der Waals surface area (Å²) >= 11 is 13.3. The molecule has 6 nitrogen and oxygen atoms in total. The number of aliphatic hydroxyl groups is 1. The normalized spacial score (nSPS) is 11.8. The Kier molecular flexibility index (Phi) is 10.8. The molecule has 0 amide bonds. The monoisotopic (exact) mass is 600 g/mol. The minimum absolute atomic E-state index is 0.000248. The van der Waals surface area contributed by atoms with Crippen LogP contribution in [0.15, 0.2) is 77.7 Å². The standard InChI is InChI=1S/C31H34Cl2N2O4S/c1-23-15-16-25-13-10-14-28(31(25)34-23)39-22-26-27(32)17-18-29(30(26)33)40(37,38)35(19-8-3-2-4-9-20-36)21-24-11-6-5-7-12-24/h5-7,10-18,36H,2-4,8-9,19-22H2,1H3. The van der Waals surface area contributed by atoms with Crippen LogP contribution in [-0.4, -0.2) is 36.0 Å². The number of para-hydroxylation sites is 1. The lowest BCUT2D eigenvalue weighted by molar-refractivity contribution is 0.282. The van der Waals surface area contributed by atoms with Crippen LogP contribution in [0.2, 0.25) is 10.0 Å². The van der Waals surface area contributed by atoms with E-state index in [4.69, 9.17) is 33.0 Å². The maximum atomic E-state index is 14.0. The molecule has 0 aliphatic carbocycles. The fourth-order valence-corrected chi connectivity index (χ4v) is 6.86. The number of fused-ring (bicyclic) bond motifs is 1. The van der Waals surface area contributed by atoms with E-state index in [1.165, 1.54) is 10.4 Å². The van der Waals surface area contributed by atoms with Gasteiger partial charge in [-0.2, -0.15) is 4.31 Å². The molecule has 0 unspecified atom stereocenters. The van der Waals surface area contributed by atoms with E-state index >= 15 is 0 Å². The number of unbranched alkanes of at least 4 members (excludes halogenated alkanes) is 4. The number of rotatable bonds is 14. The summed E-state index contributed by atoms with van der Waals surface area (Å²) in [5, 5.41) is 10.3. The Morgan fingerprint density at radius 3 is 2.40 bits per heavy atom. The van der Waals surface area contributed by atoms with Gasteiger partial charge in [-0.3, -0.25) is 0 Å². The van der Waals surface area contributed by atoms with Gasteiger partial charge in [0.2, 0.25) is 10.0 Å². The molecular weight excluding hydrogens is 567 g/mol. The van der Waals surface area contributed by atoms with Gasteiger partial charge in [0, 0.05) is 41.4 Å². The second-order valence-electron chi connectivity index (χ2n) is 9.72. The van der Waals surface area contributed by atoms with E-state index in [9.17, 15) is 8.42 Å². The minimum atomic E-state index is -3.95. The smallest absolute Gasteiger partial charge is 0.244 e. The van der Waals surface area contributed by atoms with Gasteiger partial charge in [0.1, 0.15) is 22.8 Å². The summed E-state index contributed by atoms with van der Waals surface area (Å²) in [7, 11) is -3.95. The first-order valence-electron chi connectivity index (χ1n) is 13.4. The van der Waals surface area contributed by atoms with E-state index < -0.39 is 10.0 Å². The number of aromatic nitrogens is 1. The molecule has 40 heavy (non-hydrogen) atoms. The Labute approximate surface area is 246 Å². The Morgan fingerprint density at radius 1 is 0.875 bits per heavy atom. The van der Waals surface area contributed by atoms with Gasteiger partial charge in [0.25, 0.3) is 0 Å². The van der Waals surface area contributed by atoms with Crippen LogP contribution in [0.3, 0.4) is 0 Å². The molecule has 4 aromatic rings. The van der Waals surface area contributed by atoms with Crippen molar-refractivity contribution in [1.82, 2.24) is 9.29 Å². The second kappa shape index (κ2) is 14.3. The quantitative estimate of drug-likeness (QED) is 0.151. The summed E-state index contributed by atoms with van der Waals surface area (Å²) in [6, 6.07) is 22.1. The Morgan fingerprint density at radius 2 is 1.62 bits per heavy atom. The van der Waals surface area contributed by atoms with Gasteiger partial charge in [-0.25, -0.2) is 13.4 Å². The molecule has 4 rings (SSSR count). The molecule has 0 aliphatic rings. The molecule has 0 fully saturated rings. The molecule has 0 atom stereocenters. The third-order valence-corrected chi connectivity index (χ3v) is 9.52. The number of hydrogen-bond donors (Lipinski definition) is 1. The highest BCUT2D eigenvalue weighted by atomic mass is 35.5. The van der Waals surface area contributed by atoms with E-state index in [0.717, 1.165) is 42.3 Å². The first-order chi connectivity index (χ1) is 19.3. The van der Waals surface area contributed by atoms with Crippen molar-refractivity contribution in [3.8, 4) is 5.75 Å². The van der Waals surface area contributed by atoms with Crippen LogP contribution in [0.4, 0.5) is 0 Å². The van der Waals surface area contributed by atoms with Crippen molar-refractivity contribution in [2.24, 2.45) is 0 Å². The van der Waals surface area contributed by atoms with Crippen molar-refractivity contribution in [2.45, 2.75) is 57.1 Å². The first kappa shape index (κ1) is 30.3. The summed E-state index contributed by atoms with van der Waals surface area (Å²) in [5.74, 6) is 0.563. The Hall–Kier alpha value is -2.68. The van der Waals surface area contributed by atoms with E-state index in [-0.39, 0.29) is 29.7 Å². The zero-order chi connectivity index (χ0) is 28.5. The number of benzene rings is 3. The molecule has 9 heteroatoms. The number of aryl methyl sites for hydroxylation is 1. The van der Waals surface area contributed by atoms with Gasteiger partial charge in [-0.15, -0.1) is 0 Å². The molecule has 1 aromatic heterocycles. The highest BCUT2D eigenvalue weighted by Crippen LogP contribution is 2.35. The lowest BCUT2D eigenvalue weighted by Gasteiger charge is -2.24. The maximum Gasteiger partial charge on any atom is 0.244 e. The molecule has 0 radical (unpaired) electrons. The fraction of sp³-hybridized carbons (Fsp3) is 0.323. The van der Waals surface area contributed by atoms with Crippen LogP contribution >= 0.6 is 23.2 Å². The Balaban J connectivity index is 1.59. The van der Waals surface area contributed by atoms with Crippen molar-refractivity contribution >= 4 is 44.1 Å². The van der Waals surface area contributed by atoms with Crippen molar-refractivity contribution in [3.05, 3.63) is 99.7 Å². The van der Waals surface area contributed by atoms with E-state index in [2.05, 4.69) is 4.98 Å². The number of pyridine rings is 1. The third kappa shape index (κ3) is 7.53. The second-order valence-corrected chi connectivity index (χ2v) is 12.4. The molecule has 0 bridgehead atoms. The molecule has 0 aliphatic heterocycles. The van der Waals surface area contributed by atoms with Crippen LogP contribution in [0.5, 0.6) is 5.75 Å². The van der Waals surface area contributed by atoms with Gasteiger partial charge >= 0.3 is 0 Å². The summed E-state index contributed by atoms with van der Waals surface area (Å²) in [4.78, 5) is 4.60. The number of sulfonamides is 1. The van der Waals surface area contributed by atoms with Crippen LogP contribution in [0.1, 0.15) is 48.9 Å². The van der Waals surface area contributed by atoms with Gasteiger partial charge in [0.05, 0.1) is 5.02 Å². The largest absolute Gasteiger partial charge is 0.487 e. The average Bonchev–Trinajstić information content (AvgIpc) is 2.94. The van der Waals surface area contributed by atoms with Gasteiger partial charge < -0.3 is 9.84 Å². The first-order valence-corrected chi connectivity index (χ1v) is 15.6. The molecular formula is C31H34Cl2N2O4S. The van der Waals surface area contributed by atoms with Crippen LogP contribution in [0.25, 0.3) is 10.9 Å². The van der Waals surface area contributed by atoms with Crippen molar-refractivity contribution < 1.29 is 18.3 Å².